The predicted octanol–water partition coefficient (Wildman–Crippen LogP) is 4.76. The van der Waals surface area contributed by atoms with Gasteiger partial charge in [0.2, 0.25) is 0 Å². The van der Waals surface area contributed by atoms with Gasteiger partial charge in [-0.25, -0.2) is 0 Å². The zero-order valence-electron chi connectivity index (χ0n) is 24.9. The van der Waals surface area contributed by atoms with Gasteiger partial charge in [-0.2, -0.15) is 5.26 Å². The van der Waals surface area contributed by atoms with Gasteiger partial charge < -0.3 is 27.2 Å². The number of nitrogens with two attached hydrogens (primary N) is 1. The van der Waals surface area contributed by atoms with Gasteiger partial charge in [-0.15, -0.1) is 0 Å². The molecule has 1 atom stereocenters. The number of hydrogen-bond acceptors (Lipinski definition) is 3. The summed E-state index contributed by atoms with van der Waals surface area (Å²) in [6.07, 6.45) is 18.2. The van der Waals surface area contributed by atoms with Gasteiger partial charge in [0.25, 0.3) is 0 Å². The molecule has 39 heavy (non-hydrogen) atoms. The van der Waals surface area contributed by atoms with E-state index in [0.29, 0.717) is 0 Å². The highest BCUT2D eigenvalue weighted by molar-refractivity contribution is 5.38. The normalized spacial score (nSPS) is 12.3. The second-order valence-corrected chi connectivity index (χ2v) is 10.8. The summed E-state index contributed by atoms with van der Waals surface area (Å²) in [4.78, 5) is 0. The molecule has 1 unspecified atom stereocenters. The van der Waals surface area contributed by atoms with Crippen LogP contribution in [0.1, 0.15) is 108 Å². The molecule has 0 spiro atoms. The molecule has 0 amide bonds. The number of halogens is 1. The quantitative estimate of drug-likeness (QED) is 0.213. The summed E-state index contributed by atoms with van der Waals surface area (Å²) in [7, 11) is 3.42. The molecule has 0 saturated heterocycles. The van der Waals surface area contributed by atoms with Crippen LogP contribution in [-0.4, -0.2) is 27.3 Å². The first-order chi connectivity index (χ1) is 18.7. The number of nitriles is 1. The van der Waals surface area contributed by atoms with Crippen LogP contribution in [0.25, 0.3) is 0 Å². The molecule has 0 saturated carbocycles. The Hall–Kier alpha value is -2.22. The van der Waals surface area contributed by atoms with E-state index in [0.717, 1.165) is 68.7 Å². The van der Waals surface area contributed by atoms with Gasteiger partial charge in [0.15, 0.2) is 0 Å². The third-order valence-corrected chi connectivity index (χ3v) is 7.81. The highest BCUT2D eigenvalue weighted by atomic mass is 35.5. The Morgan fingerprint density at radius 2 is 1.28 bits per heavy atom. The number of methoxy groups -OCH3 is 2. The summed E-state index contributed by atoms with van der Waals surface area (Å²) in [6.45, 7) is 4.44. The Kier molecular flexibility index (Phi) is 19.3. The van der Waals surface area contributed by atoms with Crippen LogP contribution < -0.4 is 27.2 Å². The molecule has 0 fully saturated rings. The number of benzene rings is 2. The first-order valence-corrected chi connectivity index (χ1v) is 15.2. The third kappa shape index (κ3) is 13.6. The average molecular weight is 557 g/mol. The third-order valence-electron chi connectivity index (χ3n) is 7.81. The number of unbranched alkanes of at least 4 members (excludes halogenated alkanes) is 9. The summed E-state index contributed by atoms with van der Waals surface area (Å²) in [5.41, 5.74) is 2.02. The van der Waals surface area contributed by atoms with Crippen LogP contribution in [-0.2, 0) is 11.8 Å². The lowest BCUT2D eigenvalue weighted by Crippen LogP contribution is -3.00. The molecule has 2 aromatic carbocycles. The molecule has 5 heteroatoms. The van der Waals surface area contributed by atoms with E-state index >= 15 is 0 Å². The van der Waals surface area contributed by atoms with Crippen LogP contribution in [0.5, 0.6) is 11.5 Å². The van der Waals surface area contributed by atoms with Crippen LogP contribution in [0.15, 0.2) is 48.5 Å². The lowest BCUT2D eigenvalue weighted by Gasteiger charge is -2.27. The Bertz CT molecular complexity index is 929. The molecule has 2 rings (SSSR count). The van der Waals surface area contributed by atoms with Crippen molar-refractivity contribution in [2.75, 3.05) is 27.3 Å². The van der Waals surface area contributed by atoms with Gasteiger partial charge >= 0.3 is 0 Å². The van der Waals surface area contributed by atoms with Crippen LogP contribution in [0.4, 0.5) is 0 Å². The first kappa shape index (κ1) is 34.8. The Morgan fingerprint density at radius 3 is 1.92 bits per heavy atom. The largest absolute Gasteiger partial charge is 1.00 e. The highest BCUT2D eigenvalue weighted by Gasteiger charge is 2.32. The average Bonchev–Trinajstić information content (AvgIpc) is 2.96. The minimum Gasteiger partial charge on any atom is -1.00 e. The molecule has 0 aliphatic heterocycles. The minimum atomic E-state index is -0.427. The lowest BCUT2D eigenvalue weighted by atomic mass is 9.74. The van der Waals surface area contributed by atoms with Crippen molar-refractivity contribution in [3.8, 4) is 17.6 Å². The van der Waals surface area contributed by atoms with Crippen LogP contribution in [0.2, 0.25) is 0 Å². The monoisotopic (exact) mass is 556 g/mol. The molecule has 0 radical (unpaired) electrons. The van der Waals surface area contributed by atoms with Gasteiger partial charge in [0.05, 0.1) is 38.8 Å². The second-order valence-electron chi connectivity index (χ2n) is 10.8. The van der Waals surface area contributed by atoms with E-state index in [1.54, 1.807) is 14.2 Å². The van der Waals surface area contributed by atoms with E-state index in [4.69, 9.17) is 9.47 Å². The fourth-order valence-electron chi connectivity index (χ4n) is 5.40. The molecule has 218 valence electrons. The van der Waals surface area contributed by atoms with E-state index in [2.05, 4.69) is 48.6 Å². The van der Waals surface area contributed by atoms with E-state index in [9.17, 15) is 5.26 Å². The van der Waals surface area contributed by atoms with Crippen LogP contribution in [0, 0.1) is 11.3 Å². The number of ether oxygens (including phenoxy) is 2. The van der Waals surface area contributed by atoms with Crippen molar-refractivity contribution in [2.45, 2.75) is 109 Å². The summed E-state index contributed by atoms with van der Waals surface area (Å²) in [5, 5.41) is 12.8. The van der Waals surface area contributed by atoms with Crippen molar-refractivity contribution in [2.24, 2.45) is 0 Å². The van der Waals surface area contributed by atoms with Gasteiger partial charge in [-0.05, 0) is 61.1 Å². The van der Waals surface area contributed by atoms with E-state index < -0.39 is 5.41 Å². The number of rotatable bonds is 22. The zero-order chi connectivity index (χ0) is 27.3. The molecule has 0 aromatic heterocycles. The van der Waals surface area contributed by atoms with Crippen molar-refractivity contribution in [1.29, 1.82) is 5.26 Å². The van der Waals surface area contributed by atoms with Gasteiger partial charge in [-0.1, -0.05) is 95.4 Å². The van der Waals surface area contributed by atoms with Crippen molar-refractivity contribution in [3.05, 3.63) is 59.7 Å². The number of hydrogen-bond donors (Lipinski definition) is 1. The molecule has 2 N–H and O–H groups in total. The van der Waals surface area contributed by atoms with Crippen molar-refractivity contribution in [3.63, 3.8) is 0 Å². The number of nitrogens with zero attached hydrogens (tertiary/aromatic N) is 1. The summed E-state index contributed by atoms with van der Waals surface area (Å²) in [5.74, 6) is 1.77. The Labute approximate surface area is 245 Å². The van der Waals surface area contributed by atoms with Gasteiger partial charge in [0.1, 0.15) is 11.5 Å². The Morgan fingerprint density at radius 1 is 0.718 bits per heavy atom. The molecule has 0 bridgehead atoms. The minimum absolute atomic E-state index is 0. The van der Waals surface area contributed by atoms with E-state index in [1.807, 2.05) is 18.2 Å². The van der Waals surface area contributed by atoms with Gasteiger partial charge in [-0.3, -0.25) is 0 Å². The molecule has 2 aromatic rings. The summed E-state index contributed by atoms with van der Waals surface area (Å²) >= 11 is 0. The zero-order valence-corrected chi connectivity index (χ0v) is 25.6. The maximum absolute atomic E-state index is 10.4. The maximum Gasteiger partial charge on any atom is 0.119 e. The number of quaternary nitrogens is 1. The molecular formula is C34H53ClN2O2. The standard InChI is InChI=1S/C34H52N2O2.ClH/c1-4-5-6-7-8-9-10-11-12-13-23-34(29-35,31-20-15-22-33(28-31)38-3)24-17-26-36-25-16-19-30-18-14-21-32(27-30)37-2;/h14-15,18,20-22,27-28,36H,4-13,16-17,19,23-26H2,1-3H3;1H. The van der Waals surface area contributed by atoms with Crippen molar-refractivity contribution >= 4 is 0 Å². The van der Waals surface area contributed by atoms with Crippen LogP contribution >= 0.6 is 0 Å². The smallest absolute Gasteiger partial charge is 0.119 e. The Balaban J connectivity index is 0.00000760. The maximum atomic E-state index is 10.4. The molecule has 0 aliphatic carbocycles. The van der Waals surface area contributed by atoms with Crippen LogP contribution in [0.3, 0.4) is 0 Å². The summed E-state index contributed by atoms with van der Waals surface area (Å²) in [6, 6.07) is 19.3. The first-order valence-electron chi connectivity index (χ1n) is 15.2. The van der Waals surface area contributed by atoms with Gasteiger partial charge in [0, 0.05) is 6.42 Å². The molecule has 0 heterocycles. The molecular weight excluding hydrogens is 504 g/mol. The predicted molar refractivity (Wildman–Crippen MR) is 159 cm³/mol. The second kappa shape index (κ2) is 21.6. The molecule has 0 aliphatic rings. The number of aryl methyl sites for hydroxylation is 1. The fraction of sp³-hybridized carbons (Fsp3) is 0.618. The fourth-order valence-corrected chi connectivity index (χ4v) is 5.40. The van der Waals surface area contributed by atoms with Crippen molar-refractivity contribution < 1.29 is 27.2 Å². The van der Waals surface area contributed by atoms with E-state index in [1.165, 1.54) is 63.4 Å². The lowest BCUT2D eigenvalue weighted by molar-refractivity contribution is -0.655. The highest BCUT2D eigenvalue weighted by Crippen LogP contribution is 2.36. The van der Waals surface area contributed by atoms with Crippen molar-refractivity contribution in [1.82, 2.24) is 0 Å². The topological polar surface area (TPSA) is 58.9 Å². The van der Waals surface area contributed by atoms with E-state index in [-0.39, 0.29) is 12.4 Å². The molecule has 4 nitrogen and oxygen atoms in total. The summed E-state index contributed by atoms with van der Waals surface area (Å²) < 4.78 is 10.8. The SMILES string of the molecule is CCCCCCCCCCCCC(C#N)(CCC[NH2+]CCCc1cccc(OC)c1)c1cccc(OC)c1.[Cl-].